The zero-order valence-electron chi connectivity index (χ0n) is 30.9. The Bertz CT molecular complexity index is 2580. The second-order valence-electron chi connectivity index (χ2n) is 14.9. The molecule has 10 nitrogen and oxygen atoms in total. The van der Waals surface area contributed by atoms with Crippen LogP contribution < -0.4 is 10.6 Å². The number of hydrogen-bond acceptors (Lipinski definition) is 5. The average molecular weight is 764 g/mol. The van der Waals surface area contributed by atoms with Gasteiger partial charge >= 0.3 is 0 Å². The highest BCUT2D eigenvalue weighted by molar-refractivity contribution is 6.32. The van der Waals surface area contributed by atoms with Crippen LogP contribution in [0.4, 0.5) is 0 Å². The Hall–Kier alpha value is -6.13. The van der Waals surface area contributed by atoms with Gasteiger partial charge in [0.05, 0.1) is 35.3 Å². The Kier molecular flexibility index (Phi) is 9.65. The number of carbonyl (C=O) groups excluding carboxylic acids is 2. The number of nitrogens with zero attached hydrogens (tertiary/aromatic N) is 5. The van der Waals surface area contributed by atoms with E-state index in [9.17, 15) is 14.7 Å². The van der Waals surface area contributed by atoms with Crippen molar-refractivity contribution in [2.75, 3.05) is 0 Å². The molecule has 1 atom stereocenters. The van der Waals surface area contributed by atoms with E-state index in [0.717, 1.165) is 106 Å². The van der Waals surface area contributed by atoms with Crippen LogP contribution in [0.2, 0.25) is 5.02 Å². The van der Waals surface area contributed by atoms with Gasteiger partial charge in [0.1, 0.15) is 17.4 Å². The molecule has 2 aliphatic heterocycles. The van der Waals surface area contributed by atoms with Crippen molar-refractivity contribution in [1.29, 1.82) is 0 Å². The lowest BCUT2D eigenvalue weighted by atomic mass is 10.1. The Morgan fingerprint density at radius 1 is 0.750 bits per heavy atom. The number of aromatic hydroxyl groups is 1. The molecule has 0 saturated heterocycles. The summed E-state index contributed by atoms with van der Waals surface area (Å²) in [4.78, 5) is 35.8. The van der Waals surface area contributed by atoms with Crippen LogP contribution in [0.3, 0.4) is 0 Å². The van der Waals surface area contributed by atoms with Crippen molar-refractivity contribution in [2.45, 2.75) is 70.7 Å². The van der Waals surface area contributed by atoms with E-state index in [1.54, 1.807) is 12.1 Å². The Labute approximate surface area is 329 Å². The van der Waals surface area contributed by atoms with Crippen LogP contribution >= 0.6 is 11.6 Å². The summed E-state index contributed by atoms with van der Waals surface area (Å²) in [5, 5.41) is 17.1. The van der Waals surface area contributed by atoms with E-state index >= 15 is 0 Å². The van der Waals surface area contributed by atoms with E-state index in [2.05, 4.69) is 85.4 Å². The lowest BCUT2D eigenvalue weighted by Gasteiger charge is -2.15. The van der Waals surface area contributed by atoms with Gasteiger partial charge in [-0.05, 0) is 65.4 Å². The largest absolute Gasteiger partial charge is 0.506 e. The number of nitrogens with one attached hydrogen (secondary N) is 2. The molecule has 7 aromatic rings. The molecule has 11 heteroatoms. The molecule has 0 radical (unpaired) electrons. The van der Waals surface area contributed by atoms with Crippen molar-refractivity contribution < 1.29 is 14.7 Å². The highest BCUT2D eigenvalue weighted by Gasteiger charge is 2.26. The molecule has 4 aromatic carbocycles. The average Bonchev–Trinajstić information content (AvgIpc) is 4.04. The van der Waals surface area contributed by atoms with Crippen molar-refractivity contribution in [3.63, 3.8) is 0 Å². The second kappa shape index (κ2) is 15.2. The molecule has 0 spiro atoms. The molecule has 0 aliphatic carbocycles. The normalized spacial score (nSPS) is 14.6. The summed E-state index contributed by atoms with van der Waals surface area (Å²) >= 11 is 6.01. The summed E-state index contributed by atoms with van der Waals surface area (Å²) in [6.45, 7) is 2.65. The number of fused-ring (bicyclic) bond motifs is 3. The maximum absolute atomic E-state index is 13.3. The first-order chi connectivity index (χ1) is 27.3. The van der Waals surface area contributed by atoms with Gasteiger partial charge in [-0.2, -0.15) is 0 Å². The number of halogens is 1. The molecular formula is C45H42ClN7O3. The first-order valence-corrected chi connectivity index (χ1v) is 19.6. The van der Waals surface area contributed by atoms with Crippen LogP contribution in [0.25, 0.3) is 33.4 Å². The van der Waals surface area contributed by atoms with Gasteiger partial charge < -0.3 is 29.4 Å². The van der Waals surface area contributed by atoms with Crippen molar-refractivity contribution in [3.8, 4) is 28.3 Å². The van der Waals surface area contributed by atoms with E-state index < -0.39 is 0 Å². The number of rotatable bonds is 12. The summed E-state index contributed by atoms with van der Waals surface area (Å²) in [5.41, 5.74) is 8.87. The number of carbonyl (C=O) groups is 2. The van der Waals surface area contributed by atoms with E-state index in [0.29, 0.717) is 19.5 Å². The highest BCUT2D eigenvalue weighted by Crippen LogP contribution is 2.33. The van der Waals surface area contributed by atoms with Crippen LogP contribution in [-0.4, -0.2) is 40.6 Å². The first-order valence-electron chi connectivity index (χ1n) is 19.2. The van der Waals surface area contributed by atoms with E-state index in [-0.39, 0.29) is 35.0 Å². The van der Waals surface area contributed by atoms with Gasteiger partial charge in [0.2, 0.25) is 11.8 Å². The molecule has 1 unspecified atom stereocenters. The zero-order valence-corrected chi connectivity index (χ0v) is 31.7. The maximum Gasteiger partial charge on any atom is 0.224 e. The Morgan fingerprint density at radius 3 is 2.21 bits per heavy atom. The zero-order chi connectivity index (χ0) is 38.2. The molecule has 2 amide bonds. The topological polar surface area (TPSA) is 119 Å². The number of phenolic OH excluding ortho intramolecular Hbond substituents is 1. The summed E-state index contributed by atoms with van der Waals surface area (Å²) in [5.74, 6) is 2.08. The van der Waals surface area contributed by atoms with E-state index in [1.807, 2.05) is 30.3 Å². The molecular weight excluding hydrogens is 722 g/mol. The number of phenols is 1. The van der Waals surface area contributed by atoms with Gasteiger partial charge in [-0.25, -0.2) is 9.97 Å². The molecule has 0 saturated carbocycles. The minimum atomic E-state index is -0.128. The number of aryl methyl sites for hydroxylation is 3. The number of imidazole rings is 2. The SMILES string of the molecule is O=C(Cc1ccc(O)c(Cl)c1)NCc1cccc(-c2cn3c(n2)CCC3Cn2cc(CC(=O)NCc3cccc(-c4cn5c(n4)CCC5)c3)c3ccccc32)c1. The lowest BCUT2D eigenvalue weighted by Crippen LogP contribution is -2.24. The Morgan fingerprint density at radius 2 is 1.46 bits per heavy atom. The van der Waals surface area contributed by atoms with Crippen LogP contribution in [0, 0.1) is 0 Å². The van der Waals surface area contributed by atoms with Gasteiger partial charge in [-0.15, -0.1) is 0 Å². The van der Waals surface area contributed by atoms with Crippen molar-refractivity contribution in [1.82, 2.24) is 34.3 Å². The number of hydrogen-bond donors (Lipinski definition) is 3. The van der Waals surface area contributed by atoms with Crippen LogP contribution in [0.15, 0.2) is 110 Å². The summed E-state index contributed by atoms with van der Waals surface area (Å²) in [7, 11) is 0. The van der Waals surface area contributed by atoms with E-state index in [4.69, 9.17) is 21.6 Å². The minimum absolute atomic E-state index is 0.00357. The molecule has 0 fully saturated rings. The van der Waals surface area contributed by atoms with Gasteiger partial charge in [-0.1, -0.05) is 72.3 Å². The molecule has 3 N–H and O–H groups in total. The number of aromatic nitrogens is 5. The fourth-order valence-corrected chi connectivity index (χ4v) is 8.35. The lowest BCUT2D eigenvalue weighted by molar-refractivity contribution is -0.121. The number of amides is 2. The molecule has 0 bridgehead atoms. The third-order valence-electron chi connectivity index (χ3n) is 11.0. The van der Waals surface area contributed by atoms with Crippen molar-refractivity contribution in [3.05, 3.63) is 149 Å². The summed E-state index contributed by atoms with van der Waals surface area (Å²) < 4.78 is 6.84. The minimum Gasteiger partial charge on any atom is -0.506 e. The van der Waals surface area contributed by atoms with Crippen LogP contribution in [0.1, 0.15) is 52.8 Å². The standard InChI is InChI=1S/C45H42ClN7O3/c46-37-20-29(13-15-41(37)54)21-44(55)47-23-31-7-4-9-33(19-31)39-28-53-35(14-16-43(53)50-39)26-52-25-34(36-10-1-2-11-40(36)52)22-45(56)48-24-30-6-3-8-32(18-30)38-27-51-17-5-12-42(51)49-38/h1-4,6-11,13,15,18-20,25,27-28,35,54H,5,12,14,16-17,21-24,26H2,(H,47,55)(H,48,56). The second-order valence-corrected chi connectivity index (χ2v) is 15.3. The maximum atomic E-state index is 13.3. The third-order valence-corrected chi connectivity index (χ3v) is 11.3. The Balaban J connectivity index is 0.840. The molecule has 3 aromatic heterocycles. The van der Waals surface area contributed by atoms with Crippen molar-refractivity contribution in [2.24, 2.45) is 0 Å². The predicted octanol–water partition coefficient (Wildman–Crippen LogP) is 7.58. The highest BCUT2D eigenvalue weighted by atomic mass is 35.5. The van der Waals surface area contributed by atoms with Gasteiger partial charge in [0.25, 0.3) is 0 Å². The summed E-state index contributed by atoms with van der Waals surface area (Å²) in [6.07, 6.45) is 11.0. The molecule has 2 aliphatic rings. The molecule has 9 rings (SSSR count). The van der Waals surface area contributed by atoms with Gasteiger partial charge in [-0.3, -0.25) is 9.59 Å². The third kappa shape index (κ3) is 7.44. The van der Waals surface area contributed by atoms with Crippen LogP contribution in [-0.2, 0) is 61.5 Å². The van der Waals surface area contributed by atoms with Crippen molar-refractivity contribution >= 4 is 34.3 Å². The van der Waals surface area contributed by atoms with Crippen LogP contribution in [0.5, 0.6) is 5.75 Å². The number of benzene rings is 4. The first kappa shape index (κ1) is 35.6. The predicted molar refractivity (Wildman–Crippen MR) is 217 cm³/mol. The fourth-order valence-electron chi connectivity index (χ4n) is 8.15. The monoisotopic (exact) mass is 763 g/mol. The van der Waals surface area contributed by atoms with E-state index in [1.165, 1.54) is 6.07 Å². The van der Waals surface area contributed by atoms with Gasteiger partial charge in [0.15, 0.2) is 0 Å². The van der Waals surface area contributed by atoms with Gasteiger partial charge in [0, 0.05) is 79.6 Å². The smallest absolute Gasteiger partial charge is 0.224 e. The summed E-state index contributed by atoms with van der Waals surface area (Å²) in [6, 6.07) is 29.7. The molecule has 56 heavy (non-hydrogen) atoms. The quantitative estimate of drug-likeness (QED) is 0.119. The number of para-hydroxylation sites is 1. The molecule has 5 heterocycles. The fraction of sp³-hybridized carbons (Fsp3) is 0.244. The molecule has 282 valence electrons.